The Hall–Kier alpha value is -1.20. The molecule has 0 saturated carbocycles. The summed E-state index contributed by atoms with van der Waals surface area (Å²) in [5, 5.41) is 17.1. The fraction of sp³-hybridized carbons (Fsp3) is 0.714. The van der Waals surface area contributed by atoms with Gasteiger partial charge in [0.25, 0.3) is 0 Å². The lowest BCUT2D eigenvalue weighted by molar-refractivity contribution is 0.0911. The number of piperidine rings is 1. The van der Waals surface area contributed by atoms with E-state index in [2.05, 4.69) is 26.7 Å². The monoisotopic (exact) mass is 264 g/mol. The molecule has 2 N–H and O–H groups in total. The van der Waals surface area contributed by atoms with Crippen molar-refractivity contribution in [3.63, 3.8) is 0 Å². The molecule has 2 heterocycles. The number of aliphatic hydroxyl groups excluding tert-OH is 1. The highest BCUT2D eigenvalue weighted by atomic mass is 16.3. The van der Waals surface area contributed by atoms with Gasteiger partial charge in [0.05, 0.1) is 6.10 Å². The van der Waals surface area contributed by atoms with Crippen molar-refractivity contribution < 1.29 is 5.11 Å². The van der Waals surface area contributed by atoms with Crippen LogP contribution in [0.3, 0.4) is 0 Å². The van der Waals surface area contributed by atoms with Gasteiger partial charge in [-0.1, -0.05) is 6.08 Å². The molecule has 19 heavy (non-hydrogen) atoms. The molecule has 106 valence electrons. The number of nitrogens with zero attached hydrogens (tertiary/aromatic N) is 3. The Morgan fingerprint density at radius 1 is 1.53 bits per heavy atom. The first-order chi connectivity index (χ1) is 9.19. The fourth-order valence-corrected chi connectivity index (χ4v) is 2.62. The number of nitrogens with one attached hydrogen (secondary N) is 1. The molecule has 0 spiro atoms. The molecule has 1 atom stereocenters. The summed E-state index contributed by atoms with van der Waals surface area (Å²) >= 11 is 0. The van der Waals surface area contributed by atoms with E-state index >= 15 is 0 Å². The van der Waals surface area contributed by atoms with E-state index in [0.717, 1.165) is 57.0 Å². The molecule has 5 nitrogen and oxygen atoms in total. The van der Waals surface area contributed by atoms with Gasteiger partial charge in [0, 0.05) is 12.5 Å². The number of hydrogen-bond donors (Lipinski definition) is 2. The summed E-state index contributed by atoms with van der Waals surface area (Å²) in [5.41, 5.74) is 0. The maximum absolute atomic E-state index is 9.90. The molecule has 1 aromatic rings. The van der Waals surface area contributed by atoms with E-state index in [1.54, 1.807) is 0 Å². The third kappa shape index (κ3) is 4.14. The number of likely N-dealkylation sites (tertiary alicyclic amines) is 1. The van der Waals surface area contributed by atoms with Gasteiger partial charge in [-0.25, -0.2) is 4.98 Å². The summed E-state index contributed by atoms with van der Waals surface area (Å²) in [6.07, 6.45) is 5.47. The summed E-state index contributed by atoms with van der Waals surface area (Å²) < 4.78 is 0. The maximum atomic E-state index is 9.90. The van der Waals surface area contributed by atoms with Gasteiger partial charge in [-0.15, -0.1) is 6.58 Å². The van der Waals surface area contributed by atoms with Crippen LogP contribution in [0.4, 0.5) is 0 Å². The van der Waals surface area contributed by atoms with Gasteiger partial charge in [-0.2, -0.15) is 5.10 Å². The van der Waals surface area contributed by atoms with E-state index in [9.17, 15) is 5.11 Å². The summed E-state index contributed by atoms with van der Waals surface area (Å²) in [5.74, 6) is 2.30. The van der Waals surface area contributed by atoms with Gasteiger partial charge in [-0.3, -0.25) is 5.10 Å². The third-order valence-electron chi connectivity index (χ3n) is 3.74. The molecule has 0 radical (unpaired) electrons. The van der Waals surface area contributed by atoms with Crippen LogP contribution in [-0.2, 0) is 0 Å². The van der Waals surface area contributed by atoms with Crippen molar-refractivity contribution in [1.29, 1.82) is 0 Å². The predicted octanol–water partition coefficient (Wildman–Crippen LogP) is 1.62. The van der Waals surface area contributed by atoms with Crippen LogP contribution in [-0.4, -0.2) is 50.9 Å². The second-order valence-corrected chi connectivity index (χ2v) is 5.37. The van der Waals surface area contributed by atoms with E-state index in [-0.39, 0.29) is 6.10 Å². The molecule has 1 aromatic heterocycles. The first-order valence-corrected chi connectivity index (χ1v) is 7.09. The number of allylic oxidation sites excluding steroid dienone is 1. The zero-order valence-electron chi connectivity index (χ0n) is 11.7. The second-order valence-electron chi connectivity index (χ2n) is 5.37. The minimum atomic E-state index is -0.236. The number of aryl methyl sites for hydroxylation is 1. The molecular weight excluding hydrogens is 240 g/mol. The van der Waals surface area contributed by atoms with Gasteiger partial charge in [-0.05, 0) is 45.7 Å². The quantitative estimate of drug-likeness (QED) is 0.766. The van der Waals surface area contributed by atoms with E-state index in [0.29, 0.717) is 5.92 Å². The van der Waals surface area contributed by atoms with E-state index in [1.165, 1.54) is 0 Å². The first kappa shape index (κ1) is 14.2. The van der Waals surface area contributed by atoms with Gasteiger partial charge < -0.3 is 10.0 Å². The first-order valence-electron chi connectivity index (χ1n) is 7.09. The van der Waals surface area contributed by atoms with Crippen LogP contribution in [0.5, 0.6) is 0 Å². The number of aromatic nitrogens is 3. The molecule has 2 rings (SSSR count). The predicted molar refractivity (Wildman–Crippen MR) is 75.0 cm³/mol. The van der Waals surface area contributed by atoms with Crippen molar-refractivity contribution in [1.82, 2.24) is 20.1 Å². The van der Waals surface area contributed by atoms with Crippen molar-refractivity contribution in [3.05, 3.63) is 24.3 Å². The van der Waals surface area contributed by atoms with E-state index in [1.807, 2.05) is 13.0 Å². The average Bonchev–Trinajstić information content (AvgIpc) is 2.84. The zero-order chi connectivity index (χ0) is 13.7. The fourth-order valence-electron chi connectivity index (χ4n) is 2.62. The molecule has 1 fully saturated rings. The Kier molecular flexibility index (Phi) is 5.10. The number of aromatic amines is 1. The summed E-state index contributed by atoms with van der Waals surface area (Å²) in [6, 6.07) is 0. The smallest absolute Gasteiger partial charge is 0.153 e. The zero-order valence-corrected chi connectivity index (χ0v) is 11.7. The highest BCUT2D eigenvalue weighted by Gasteiger charge is 2.24. The van der Waals surface area contributed by atoms with Gasteiger partial charge in [0.15, 0.2) is 5.82 Å². The van der Waals surface area contributed by atoms with Crippen LogP contribution in [0.25, 0.3) is 0 Å². The molecule has 0 amide bonds. The average molecular weight is 264 g/mol. The number of β-amino-alcohol motifs (C(OH)–C–C–N with tert-alkyl or cyclic N) is 1. The SMILES string of the molecule is C=CCCC(O)CN1CCC(c2n[nH]c(C)n2)CC1. The highest BCUT2D eigenvalue weighted by molar-refractivity contribution is 4.99. The van der Waals surface area contributed by atoms with Crippen molar-refractivity contribution in [2.24, 2.45) is 0 Å². The van der Waals surface area contributed by atoms with Crippen molar-refractivity contribution in [2.45, 2.75) is 44.6 Å². The lowest BCUT2D eigenvalue weighted by Crippen LogP contribution is -2.38. The minimum Gasteiger partial charge on any atom is -0.392 e. The normalized spacial score (nSPS) is 19.5. The van der Waals surface area contributed by atoms with Crippen LogP contribution >= 0.6 is 0 Å². The molecule has 0 bridgehead atoms. The number of rotatable bonds is 6. The topological polar surface area (TPSA) is 65.0 Å². The summed E-state index contributed by atoms with van der Waals surface area (Å²) in [7, 11) is 0. The lowest BCUT2D eigenvalue weighted by Gasteiger charge is -2.32. The lowest BCUT2D eigenvalue weighted by atomic mass is 9.96. The summed E-state index contributed by atoms with van der Waals surface area (Å²) in [4.78, 5) is 6.75. The van der Waals surface area contributed by atoms with Gasteiger partial charge in [0.1, 0.15) is 5.82 Å². The van der Waals surface area contributed by atoms with E-state index < -0.39 is 0 Å². The summed E-state index contributed by atoms with van der Waals surface area (Å²) in [6.45, 7) is 8.42. The number of hydrogen-bond acceptors (Lipinski definition) is 4. The van der Waals surface area contributed by atoms with Gasteiger partial charge in [0.2, 0.25) is 0 Å². The maximum Gasteiger partial charge on any atom is 0.153 e. The standard InChI is InChI=1S/C14H24N4O/c1-3-4-5-13(19)10-18-8-6-12(7-9-18)14-15-11(2)16-17-14/h3,12-13,19H,1,4-10H2,2H3,(H,15,16,17). The van der Waals surface area contributed by atoms with Crippen LogP contribution in [0, 0.1) is 6.92 Å². The van der Waals surface area contributed by atoms with Crippen molar-refractivity contribution in [3.8, 4) is 0 Å². The largest absolute Gasteiger partial charge is 0.392 e. The van der Waals surface area contributed by atoms with Crippen LogP contribution < -0.4 is 0 Å². The molecule has 0 aromatic carbocycles. The van der Waals surface area contributed by atoms with Crippen LogP contribution in [0.2, 0.25) is 0 Å². The molecule has 5 heteroatoms. The Labute approximate surface area is 114 Å². The third-order valence-corrected chi connectivity index (χ3v) is 3.74. The molecule has 1 aliphatic heterocycles. The molecule has 0 aliphatic carbocycles. The molecule has 1 saturated heterocycles. The number of H-pyrrole nitrogens is 1. The molecule has 1 unspecified atom stereocenters. The molecule has 1 aliphatic rings. The Morgan fingerprint density at radius 3 is 2.84 bits per heavy atom. The molecular formula is C14H24N4O. The Bertz CT molecular complexity index is 396. The van der Waals surface area contributed by atoms with Gasteiger partial charge >= 0.3 is 0 Å². The van der Waals surface area contributed by atoms with E-state index in [4.69, 9.17) is 0 Å². The highest BCUT2D eigenvalue weighted by Crippen LogP contribution is 2.25. The van der Waals surface area contributed by atoms with Crippen molar-refractivity contribution >= 4 is 0 Å². The van der Waals surface area contributed by atoms with Crippen LogP contribution in [0.1, 0.15) is 43.3 Å². The second kappa shape index (κ2) is 6.82. The minimum absolute atomic E-state index is 0.236. The van der Waals surface area contributed by atoms with Crippen molar-refractivity contribution in [2.75, 3.05) is 19.6 Å². The van der Waals surface area contributed by atoms with Crippen LogP contribution in [0.15, 0.2) is 12.7 Å². The Balaban J connectivity index is 1.74. The number of aliphatic hydroxyl groups is 1. The Morgan fingerprint density at radius 2 is 2.26 bits per heavy atom.